The van der Waals surface area contributed by atoms with Gasteiger partial charge in [0.05, 0.1) is 0 Å². The highest BCUT2D eigenvalue weighted by molar-refractivity contribution is 7.10. The average molecular weight is 241 g/mol. The number of hydrogen-bond donors (Lipinski definition) is 0. The van der Waals surface area contributed by atoms with E-state index in [0.717, 1.165) is 29.5 Å². The fraction of sp³-hybridized carbons (Fsp3) is 0.143. The SMILES string of the molecule is O=C1C(=Cc2cccnc2)CCc2sccc21. The van der Waals surface area contributed by atoms with Gasteiger partial charge in [-0.25, -0.2) is 0 Å². The van der Waals surface area contributed by atoms with Crippen LogP contribution in [0.25, 0.3) is 6.08 Å². The average Bonchev–Trinajstić information content (AvgIpc) is 2.83. The molecule has 2 aromatic rings. The second-order valence-electron chi connectivity index (χ2n) is 4.04. The van der Waals surface area contributed by atoms with E-state index in [1.165, 1.54) is 4.88 Å². The Morgan fingerprint density at radius 2 is 2.24 bits per heavy atom. The summed E-state index contributed by atoms with van der Waals surface area (Å²) < 4.78 is 0. The minimum Gasteiger partial charge on any atom is -0.289 e. The smallest absolute Gasteiger partial charge is 0.190 e. The van der Waals surface area contributed by atoms with Crippen molar-refractivity contribution in [3.05, 3.63) is 57.6 Å². The zero-order valence-corrected chi connectivity index (χ0v) is 10.0. The first-order valence-electron chi connectivity index (χ1n) is 5.56. The van der Waals surface area contributed by atoms with E-state index < -0.39 is 0 Å². The van der Waals surface area contributed by atoms with Crippen LogP contribution in [0.1, 0.15) is 27.2 Å². The number of rotatable bonds is 1. The Morgan fingerprint density at radius 3 is 3.06 bits per heavy atom. The van der Waals surface area contributed by atoms with Crippen molar-refractivity contribution in [1.82, 2.24) is 4.98 Å². The van der Waals surface area contributed by atoms with Crippen LogP contribution in [0.3, 0.4) is 0 Å². The Morgan fingerprint density at radius 1 is 1.29 bits per heavy atom. The van der Waals surface area contributed by atoms with Gasteiger partial charge < -0.3 is 0 Å². The molecule has 0 saturated heterocycles. The van der Waals surface area contributed by atoms with E-state index in [-0.39, 0.29) is 5.78 Å². The van der Waals surface area contributed by atoms with E-state index in [9.17, 15) is 4.79 Å². The zero-order chi connectivity index (χ0) is 11.7. The Kier molecular flexibility index (Phi) is 2.61. The molecule has 2 aromatic heterocycles. The third kappa shape index (κ3) is 1.94. The molecule has 0 amide bonds. The highest BCUT2D eigenvalue weighted by Gasteiger charge is 2.22. The molecule has 1 aliphatic rings. The van der Waals surface area contributed by atoms with Gasteiger partial charge >= 0.3 is 0 Å². The van der Waals surface area contributed by atoms with Crippen molar-refractivity contribution in [2.75, 3.05) is 0 Å². The maximum Gasteiger partial charge on any atom is 0.190 e. The zero-order valence-electron chi connectivity index (χ0n) is 9.22. The number of carbonyl (C=O) groups excluding carboxylic acids is 1. The van der Waals surface area contributed by atoms with Crippen LogP contribution in [0.4, 0.5) is 0 Å². The molecule has 1 aliphatic carbocycles. The van der Waals surface area contributed by atoms with Gasteiger partial charge in [0.1, 0.15) is 0 Å². The summed E-state index contributed by atoms with van der Waals surface area (Å²) in [5.41, 5.74) is 2.77. The summed E-state index contributed by atoms with van der Waals surface area (Å²) in [6, 6.07) is 5.78. The molecule has 0 N–H and O–H groups in total. The summed E-state index contributed by atoms with van der Waals surface area (Å²) in [6.45, 7) is 0. The fourth-order valence-corrected chi connectivity index (χ4v) is 2.95. The highest BCUT2D eigenvalue weighted by Crippen LogP contribution is 2.29. The Balaban J connectivity index is 1.97. The Hall–Kier alpha value is -1.74. The molecule has 0 unspecified atom stereocenters. The second-order valence-corrected chi connectivity index (χ2v) is 5.04. The molecule has 2 heterocycles. The Bertz CT molecular complexity index is 583. The maximum absolute atomic E-state index is 12.2. The van der Waals surface area contributed by atoms with Gasteiger partial charge in [0.25, 0.3) is 0 Å². The molecule has 0 aliphatic heterocycles. The number of pyridine rings is 1. The van der Waals surface area contributed by atoms with Gasteiger partial charge in [-0.1, -0.05) is 6.07 Å². The molecule has 0 fully saturated rings. The molecule has 0 aromatic carbocycles. The molecule has 0 radical (unpaired) electrons. The molecule has 0 bridgehead atoms. The number of allylic oxidation sites excluding steroid dienone is 1. The van der Waals surface area contributed by atoms with Crippen LogP contribution in [0.5, 0.6) is 0 Å². The normalized spacial score (nSPS) is 17.2. The van der Waals surface area contributed by atoms with Gasteiger partial charge in [0.2, 0.25) is 0 Å². The summed E-state index contributed by atoms with van der Waals surface area (Å²) in [4.78, 5) is 17.5. The van der Waals surface area contributed by atoms with Gasteiger partial charge in [-0.15, -0.1) is 11.3 Å². The molecule has 0 atom stereocenters. The topological polar surface area (TPSA) is 30.0 Å². The third-order valence-corrected chi connectivity index (χ3v) is 3.91. The van der Waals surface area contributed by atoms with Gasteiger partial charge in [-0.3, -0.25) is 9.78 Å². The predicted molar refractivity (Wildman–Crippen MR) is 69.2 cm³/mol. The van der Waals surface area contributed by atoms with Crippen molar-refractivity contribution in [3.8, 4) is 0 Å². The van der Waals surface area contributed by atoms with Crippen LogP contribution in [-0.2, 0) is 6.42 Å². The number of nitrogens with zero attached hydrogens (tertiary/aromatic N) is 1. The molecule has 0 saturated carbocycles. The van der Waals surface area contributed by atoms with Crippen LogP contribution in [0.15, 0.2) is 41.5 Å². The minimum atomic E-state index is 0.177. The van der Waals surface area contributed by atoms with E-state index in [1.807, 2.05) is 29.7 Å². The first-order chi connectivity index (χ1) is 8.34. The number of aryl methyl sites for hydroxylation is 1. The molecule has 84 valence electrons. The molecule has 0 spiro atoms. The van der Waals surface area contributed by atoms with E-state index >= 15 is 0 Å². The van der Waals surface area contributed by atoms with Gasteiger partial charge in [-0.2, -0.15) is 0 Å². The van der Waals surface area contributed by atoms with Gasteiger partial charge in [0, 0.05) is 28.4 Å². The Labute approximate surface area is 104 Å². The third-order valence-electron chi connectivity index (χ3n) is 2.93. The summed E-state index contributed by atoms with van der Waals surface area (Å²) in [5, 5.41) is 2.00. The first kappa shape index (κ1) is 10.4. The van der Waals surface area contributed by atoms with E-state index in [1.54, 1.807) is 23.7 Å². The second kappa shape index (κ2) is 4.26. The van der Waals surface area contributed by atoms with Crippen LogP contribution in [-0.4, -0.2) is 10.8 Å². The summed E-state index contributed by atoms with van der Waals surface area (Å²) in [6.07, 6.45) is 7.28. The first-order valence-corrected chi connectivity index (χ1v) is 6.44. The van der Waals surface area contributed by atoms with E-state index in [0.29, 0.717) is 0 Å². The maximum atomic E-state index is 12.2. The van der Waals surface area contributed by atoms with Gasteiger partial charge in [-0.05, 0) is 42.0 Å². The standard InChI is InChI=1S/C14H11NOS/c16-14-11(8-10-2-1-6-15-9-10)3-4-13-12(14)5-7-17-13/h1-2,5-9H,3-4H2. The fourth-order valence-electron chi connectivity index (χ4n) is 2.07. The number of carbonyl (C=O) groups is 1. The lowest BCUT2D eigenvalue weighted by Crippen LogP contribution is -2.11. The lowest BCUT2D eigenvalue weighted by atomic mass is 9.91. The van der Waals surface area contributed by atoms with Crippen molar-refractivity contribution < 1.29 is 4.79 Å². The highest BCUT2D eigenvalue weighted by atomic mass is 32.1. The van der Waals surface area contributed by atoms with Crippen LogP contribution < -0.4 is 0 Å². The molecule has 17 heavy (non-hydrogen) atoms. The predicted octanol–water partition coefficient (Wildman–Crippen LogP) is 3.36. The summed E-state index contributed by atoms with van der Waals surface area (Å²) >= 11 is 1.68. The number of ketones is 1. The number of thiophene rings is 1. The number of aromatic nitrogens is 1. The monoisotopic (exact) mass is 241 g/mol. The number of hydrogen-bond acceptors (Lipinski definition) is 3. The molecular formula is C14H11NOS. The molecule has 3 heteroatoms. The van der Waals surface area contributed by atoms with Crippen molar-refractivity contribution in [1.29, 1.82) is 0 Å². The van der Waals surface area contributed by atoms with Crippen LogP contribution in [0.2, 0.25) is 0 Å². The quantitative estimate of drug-likeness (QED) is 0.717. The van der Waals surface area contributed by atoms with Crippen molar-refractivity contribution >= 4 is 23.2 Å². The molecular weight excluding hydrogens is 230 g/mol. The minimum absolute atomic E-state index is 0.177. The summed E-state index contributed by atoms with van der Waals surface area (Å²) in [5.74, 6) is 0.177. The van der Waals surface area contributed by atoms with Crippen molar-refractivity contribution in [2.24, 2.45) is 0 Å². The van der Waals surface area contributed by atoms with E-state index in [4.69, 9.17) is 0 Å². The van der Waals surface area contributed by atoms with Crippen molar-refractivity contribution in [3.63, 3.8) is 0 Å². The largest absolute Gasteiger partial charge is 0.289 e. The lowest BCUT2D eigenvalue weighted by molar-refractivity contribution is 0.102. The van der Waals surface area contributed by atoms with Crippen LogP contribution in [0, 0.1) is 0 Å². The van der Waals surface area contributed by atoms with Crippen LogP contribution >= 0.6 is 11.3 Å². The van der Waals surface area contributed by atoms with E-state index in [2.05, 4.69) is 4.98 Å². The number of Topliss-reactive ketones (excluding diaryl/α,β-unsaturated/α-hetero) is 1. The summed E-state index contributed by atoms with van der Waals surface area (Å²) in [7, 11) is 0. The lowest BCUT2D eigenvalue weighted by Gasteiger charge is -2.13. The molecule has 3 rings (SSSR count). The molecule has 2 nitrogen and oxygen atoms in total. The number of fused-ring (bicyclic) bond motifs is 1. The van der Waals surface area contributed by atoms with Crippen molar-refractivity contribution in [2.45, 2.75) is 12.8 Å². The van der Waals surface area contributed by atoms with Gasteiger partial charge in [0.15, 0.2) is 5.78 Å².